The van der Waals surface area contributed by atoms with Crippen LogP contribution in [0.3, 0.4) is 0 Å². The topological polar surface area (TPSA) is 89.4 Å². The minimum absolute atomic E-state index is 0.239. The predicted octanol–water partition coefficient (Wildman–Crippen LogP) is 4.84. The van der Waals surface area contributed by atoms with Gasteiger partial charge in [0.15, 0.2) is 5.13 Å². The molecule has 0 saturated heterocycles. The van der Waals surface area contributed by atoms with Crippen molar-refractivity contribution in [2.45, 2.75) is 46.3 Å². The molecule has 2 aromatic heterocycles. The number of fused-ring (bicyclic) bond motifs is 1. The van der Waals surface area contributed by atoms with Gasteiger partial charge in [-0.3, -0.25) is 10.1 Å². The number of aryl methyl sites for hydroxylation is 1. The van der Waals surface area contributed by atoms with Crippen LogP contribution in [0.5, 0.6) is 0 Å². The number of halogens is 1. The van der Waals surface area contributed by atoms with Gasteiger partial charge in [-0.05, 0) is 39.8 Å². The van der Waals surface area contributed by atoms with Crippen LogP contribution < -0.4 is 5.32 Å². The molecule has 0 atom stereocenters. The average Bonchev–Trinajstić information content (AvgIpc) is 3.25. The first-order chi connectivity index (χ1) is 15.1. The van der Waals surface area contributed by atoms with Crippen molar-refractivity contribution in [2.75, 3.05) is 11.9 Å². The number of para-hydroxylation sites is 1. The molecule has 3 aromatic rings. The lowest BCUT2D eigenvalue weighted by atomic mass is 10.2. The summed E-state index contributed by atoms with van der Waals surface area (Å²) in [5, 5.41) is 7.96. The second-order valence-corrected chi connectivity index (χ2v) is 9.94. The van der Waals surface area contributed by atoms with Gasteiger partial charge in [0.25, 0.3) is 5.91 Å². The van der Waals surface area contributed by atoms with Crippen molar-refractivity contribution in [3.8, 4) is 5.69 Å². The molecule has 0 fully saturated rings. The van der Waals surface area contributed by atoms with Crippen LogP contribution in [0.1, 0.15) is 47.4 Å². The highest BCUT2D eigenvalue weighted by Crippen LogP contribution is 2.30. The lowest BCUT2D eigenvalue weighted by Crippen LogP contribution is -2.39. The van der Waals surface area contributed by atoms with E-state index in [1.807, 2.05) is 51.1 Å². The van der Waals surface area contributed by atoms with E-state index in [4.69, 9.17) is 16.3 Å². The Morgan fingerprint density at radius 3 is 2.62 bits per heavy atom. The van der Waals surface area contributed by atoms with Crippen LogP contribution in [-0.4, -0.2) is 43.8 Å². The Bertz CT molecular complexity index is 1170. The number of nitrogens with one attached hydrogen (secondary N) is 1. The summed E-state index contributed by atoms with van der Waals surface area (Å²) in [4.78, 5) is 32.5. The van der Waals surface area contributed by atoms with Crippen LogP contribution in [0.4, 0.5) is 9.93 Å². The lowest BCUT2D eigenvalue weighted by Gasteiger charge is -2.29. The number of carbonyl (C=O) groups is 2. The summed E-state index contributed by atoms with van der Waals surface area (Å²) in [6.45, 7) is 8.19. The smallest absolute Gasteiger partial charge is 0.410 e. The largest absolute Gasteiger partial charge is 0.444 e. The lowest BCUT2D eigenvalue weighted by molar-refractivity contribution is 0.0225. The number of hydrogen-bond donors (Lipinski definition) is 1. The van der Waals surface area contributed by atoms with Crippen LogP contribution in [0.25, 0.3) is 5.69 Å². The quantitative estimate of drug-likeness (QED) is 0.588. The van der Waals surface area contributed by atoms with Crippen molar-refractivity contribution in [2.24, 2.45) is 0 Å². The monoisotopic (exact) mass is 473 g/mol. The van der Waals surface area contributed by atoms with Gasteiger partial charge in [0.05, 0.1) is 23.6 Å². The van der Waals surface area contributed by atoms with E-state index < -0.39 is 5.60 Å². The second kappa shape index (κ2) is 8.55. The molecule has 0 radical (unpaired) electrons. The molecule has 1 aromatic carbocycles. The Kier molecular flexibility index (Phi) is 5.96. The molecule has 2 amide bonds. The van der Waals surface area contributed by atoms with E-state index in [1.54, 1.807) is 11.8 Å². The fraction of sp³-hybridized carbons (Fsp3) is 0.364. The van der Waals surface area contributed by atoms with Crippen LogP contribution >= 0.6 is 22.9 Å². The number of nitrogens with zero attached hydrogens (tertiary/aromatic N) is 4. The molecule has 0 spiro atoms. The first-order valence-electron chi connectivity index (χ1n) is 10.2. The zero-order valence-corrected chi connectivity index (χ0v) is 19.9. The van der Waals surface area contributed by atoms with E-state index in [0.29, 0.717) is 35.9 Å². The van der Waals surface area contributed by atoms with Crippen LogP contribution in [0.15, 0.2) is 30.3 Å². The summed E-state index contributed by atoms with van der Waals surface area (Å²) < 4.78 is 7.00. The van der Waals surface area contributed by atoms with Gasteiger partial charge < -0.3 is 9.64 Å². The van der Waals surface area contributed by atoms with Crippen molar-refractivity contribution in [3.63, 3.8) is 0 Å². The van der Waals surface area contributed by atoms with Crippen molar-refractivity contribution < 1.29 is 14.3 Å². The molecular weight excluding hydrogens is 450 g/mol. The number of ether oxygens (including phenoxy) is 1. The molecule has 1 N–H and O–H groups in total. The molecule has 0 unspecified atom stereocenters. The van der Waals surface area contributed by atoms with E-state index in [1.165, 1.54) is 16.0 Å². The minimum Gasteiger partial charge on any atom is -0.444 e. The number of rotatable bonds is 3. The maximum absolute atomic E-state index is 13.0. The van der Waals surface area contributed by atoms with Gasteiger partial charge in [0.2, 0.25) is 0 Å². The average molecular weight is 474 g/mol. The third-order valence-electron chi connectivity index (χ3n) is 4.84. The fourth-order valence-electron chi connectivity index (χ4n) is 3.39. The number of benzene rings is 1. The SMILES string of the molecule is Cc1nn(-c2ccccc2)c(Cl)c1C(=O)Nc1nc2c(s1)CN(C(=O)OC(C)(C)C)CC2. The van der Waals surface area contributed by atoms with Gasteiger partial charge in [-0.25, -0.2) is 14.5 Å². The van der Waals surface area contributed by atoms with E-state index in [-0.39, 0.29) is 17.2 Å². The molecule has 4 rings (SSSR count). The Labute approximate surface area is 195 Å². The van der Waals surface area contributed by atoms with Gasteiger partial charge in [-0.1, -0.05) is 41.1 Å². The summed E-state index contributed by atoms with van der Waals surface area (Å²) in [5.41, 5.74) is 1.93. The maximum atomic E-state index is 13.0. The van der Waals surface area contributed by atoms with E-state index in [9.17, 15) is 9.59 Å². The molecular formula is C22H24ClN5O3S. The van der Waals surface area contributed by atoms with Gasteiger partial charge in [-0.15, -0.1) is 0 Å². The Morgan fingerprint density at radius 1 is 1.22 bits per heavy atom. The highest BCUT2D eigenvalue weighted by atomic mass is 35.5. The number of thiazole rings is 1. The van der Waals surface area contributed by atoms with Crippen LogP contribution in [0, 0.1) is 6.92 Å². The number of amides is 2. The van der Waals surface area contributed by atoms with Gasteiger partial charge in [0.1, 0.15) is 16.3 Å². The zero-order chi connectivity index (χ0) is 23.0. The van der Waals surface area contributed by atoms with Crippen molar-refractivity contribution >= 4 is 40.1 Å². The van der Waals surface area contributed by atoms with Crippen LogP contribution in [-0.2, 0) is 17.7 Å². The van der Waals surface area contributed by atoms with E-state index >= 15 is 0 Å². The number of carbonyl (C=O) groups excluding carboxylic acids is 2. The predicted molar refractivity (Wildman–Crippen MR) is 124 cm³/mol. The molecule has 8 nitrogen and oxygen atoms in total. The molecule has 3 heterocycles. The first-order valence-corrected chi connectivity index (χ1v) is 11.4. The van der Waals surface area contributed by atoms with E-state index in [2.05, 4.69) is 15.4 Å². The third kappa shape index (κ3) is 4.63. The number of anilines is 1. The highest BCUT2D eigenvalue weighted by Gasteiger charge is 2.29. The van der Waals surface area contributed by atoms with E-state index in [0.717, 1.165) is 16.3 Å². The maximum Gasteiger partial charge on any atom is 0.410 e. The van der Waals surface area contributed by atoms with Crippen molar-refractivity contribution in [3.05, 3.63) is 57.3 Å². The van der Waals surface area contributed by atoms with Gasteiger partial charge in [0, 0.05) is 17.8 Å². The highest BCUT2D eigenvalue weighted by molar-refractivity contribution is 7.15. The van der Waals surface area contributed by atoms with Crippen molar-refractivity contribution in [1.29, 1.82) is 0 Å². The molecule has 32 heavy (non-hydrogen) atoms. The fourth-order valence-corrected chi connectivity index (χ4v) is 4.77. The molecule has 0 aliphatic carbocycles. The van der Waals surface area contributed by atoms with Crippen molar-refractivity contribution in [1.82, 2.24) is 19.7 Å². The zero-order valence-electron chi connectivity index (χ0n) is 18.3. The minimum atomic E-state index is -0.550. The second-order valence-electron chi connectivity index (χ2n) is 8.49. The Morgan fingerprint density at radius 2 is 1.94 bits per heavy atom. The molecule has 1 aliphatic heterocycles. The van der Waals surface area contributed by atoms with Crippen LogP contribution in [0.2, 0.25) is 5.15 Å². The summed E-state index contributed by atoms with van der Waals surface area (Å²) in [6, 6.07) is 9.39. The summed E-state index contributed by atoms with van der Waals surface area (Å²) >= 11 is 7.85. The van der Waals surface area contributed by atoms with Gasteiger partial charge >= 0.3 is 6.09 Å². The summed E-state index contributed by atoms with van der Waals surface area (Å²) in [7, 11) is 0. The molecule has 0 bridgehead atoms. The third-order valence-corrected chi connectivity index (χ3v) is 6.18. The summed E-state index contributed by atoms with van der Waals surface area (Å²) in [5.74, 6) is -0.371. The molecule has 10 heteroatoms. The molecule has 168 valence electrons. The Balaban J connectivity index is 1.50. The Hall–Kier alpha value is -2.91. The number of hydrogen-bond acceptors (Lipinski definition) is 6. The molecule has 1 aliphatic rings. The molecule has 0 saturated carbocycles. The summed E-state index contributed by atoms with van der Waals surface area (Å²) in [6.07, 6.45) is 0.255. The standard InChI is InChI=1S/C22H24ClN5O3S/c1-13-17(18(23)28(26-13)14-8-6-5-7-9-14)19(29)25-20-24-15-10-11-27(12-16(15)32-20)21(30)31-22(2,3)4/h5-9H,10-12H2,1-4H3,(H,24,25,29). The number of aromatic nitrogens is 3. The first kappa shape index (κ1) is 22.3. The normalized spacial score (nSPS) is 13.6. The van der Waals surface area contributed by atoms with Gasteiger partial charge in [-0.2, -0.15) is 5.10 Å².